The largest absolute Gasteiger partial charge is 0.357 e. The van der Waals surface area contributed by atoms with Crippen LogP contribution >= 0.6 is 34.7 Å². The Morgan fingerprint density at radius 1 is 1.24 bits per heavy atom. The van der Waals surface area contributed by atoms with E-state index in [1.165, 1.54) is 37.7 Å². The molecular weight excluding hydrogens is 322 g/mol. The van der Waals surface area contributed by atoms with Gasteiger partial charge in [-0.25, -0.2) is 0 Å². The van der Waals surface area contributed by atoms with Gasteiger partial charge in [-0.2, -0.15) is 0 Å². The van der Waals surface area contributed by atoms with Crippen LogP contribution in [-0.2, 0) is 5.75 Å². The van der Waals surface area contributed by atoms with E-state index in [-0.39, 0.29) is 0 Å². The van der Waals surface area contributed by atoms with Crippen molar-refractivity contribution in [3.05, 3.63) is 34.9 Å². The molecule has 6 heteroatoms. The molecule has 21 heavy (non-hydrogen) atoms. The van der Waals surface area contributed by atoms with Gasteiger partial charge in [0.25, 0.3) is 0 Å². The normalized spacial score (nSPS) is 16.0. The van der Waals surface area contributed by atoms with Crippen molar-refractivity contribution in [1.29, 1.82) is 0 Å². The fraction of sp³-hybridized carbons (Fsp3) is 0.467. The third kappa shape index (κ3) is 4.59. The lowest BCUT2D eigenvalue weighted by atomic mass is 9.96. The van der Waals surface area contributed by atoms with Crippen LogP contribution in [0, 0.1) is 0 Å². The van der Waals surface area contributed by atoms with Crippen LogP contribution in [0.2, 0.25) is 5.02 Å². The number of hydrogen-bond acceptors (Lipinski definition) is 5. The summed E-state index contributed by atoms with van der Waals surface area (Å²) in [5.74, 6) is 0.874. The number of halogens is 1. The summed E-state index contributed by atoms with van der Waals surface area (Å²) in [4.78, 5) is 0. The third-order valence-electron chi connectivity index (χ3n) is 3.59. The molecule has 0 spiro atoms. The lowest BCUT2D eigenvalue weighted by Gasteiger charge is -2.21. The highest BCUT2D eigenvalue weighted by Crippen LogP contribution is 2.30. The second kappa shape index (κ2) is 7.47. The van der Waals surface area contributed by atoms with Gasteiger partial charge in [0.05, 0.1) is 0 Å². The molecule has 0 aliphatic heterocycles. The molecule has 0 amide bonds. The molecule has 0 atom stereocenters. The molecule has 1 aliphatic rings. The van der Waals surface area contributed by atoms with Crippen LogP contribution < -0.4 is 5.32 Å². The van der Waals surface area contributed by atoms with E-state index in [1.807, 2.05) is 18.2 Å². The van der Waals surface area contributed by atoms with Gasteiger partial charge in [0.1, 0.15) is 0 Å². The molecule has 1 aliphatic carbocycles. The Kier molecular flexibility index (Phi) is 5.38. The van der Waals surface area contributed by atoms with Gasteiger partial charge in [0.15, 0.2) is 4.34 Å². The highest BCUT2D eigenvalue weighted by Gasteiger charge is 2.15. The predicted octanol–water partition coefficient (Wildman–Crippen LogP) is 5.23. The van der Waals surface area contributed by atoms with Gasteiger partial charge >= 0.3 is 0 Å². The summed E-state index contributed by atoms with van der Waals surface area (Å²) >= 11 is 9.35. The van der Waals surface area contributed by atoms with Crippen molar-refractivity contribution in [2.75, 3.05) is 5.32 Å². The number of anilines is 1. The summed E-state index contributed by atoms with van der Waals surface area (Å²) in [6.07, 6.45) is 6.53. The Balaban J connectivity index is 1.52. The molecule has 112 valence electrons. The zero-order chi connectivity index (χ0) is 14.5. The molecule has 3 nitrogen and oxygen atoms in total. The molecule has 0 unspecified atom stereocenters. The molecule has 3 rings (SSSR count). The standard InChI is InChI=1S/C15H18ClN3S2/c16-12-6-4-5-11(9-12)10-20-15-19-18-14(21-15)17-13-7-2-1-3-8-13/h4-6,9,13H,1-3,7-8,10H2,(H,17,18). The van der Waals surface area contributed by atoms with Crippen LogP contribution in [0.25, 0.3) is 0 Å². The Bertz CT molecular complexity index is 582. The Morgan fingerprint density at radius 3 is 2.90 bits per heavy atom. The molecule has 1 N–H and O–H groups in total. The smallest absolute Gasteiger partial charge is 0.206 e. The highest BCUT2D eigenvalue weighted by atomic mass is 35.5. The molecule has 2 aromatic rings. The van der Waals surface area contributed by atoms with Crippen LogP contribution in [0.3, 0.4) is 0 Å². The molecule has 1 aromatic carbocycles. The summed E-state index contributed by atoms with van der Waals surface area (Å²) < 4.78 is 1.01. The minimum absolute atomic E-state index is 0.581. The maximum Gasteiger partial charge on any atom is 0.206 e. The summed E-state index contributed by atoms with van der Waals surface area (Å²) in [5, 5.41) is 13.8. The number of nitrogens with zero attached hydrogens (tertiary/aromatic N) is 2. The second-order valence-electron chi connectivity index (χ2n) is 5.27. The van der Waals surface area contributed by atoms with Gasteiger partial charge in [0, 0.05) is 16.8 Å². The fourth-order valence-electron chi connectivity index (χ4n) is 2.52. The zero-order valence-corrected chi connectivity index (χ0v) is 14.1. The number of hydrogen-bond donors (Lipinski definition) is 1. The van der Waals surface area contributed by atoms with E-state index in [9.17, 15) is 0 Å². The maximum atomic E-state index is 5.99. The first-order chi connectivity index (χ1) is 10.3. The van der Waals surface area contributed by atoms with Gasteiger partial charge in [-0.1, -0.05) is 66.1 Å². The summed E-state index contributed by atoms with van der Waals surface area (Å²) in [6, 6.07) is 8.54. The highest BCUT2D eigenvalue weighted by molar-refractivity contribution is 8.00. The third-order valence-corrected chi connectivity index (χ3v) is 5.88. The van der Waals surface area contributed by atoms with Gasteiger partial charge in [-0.05, 0) is 30.5 Å². The molecule has 1 heterocycles. The summed E-state index contributed by atoms with van der Waals surface area (Å²) in [7, 11) is 0. The number of benzene rings is 1. The van der Waals surface area contributed by atoms with Gasteiger partial charge in [-0.15, -0.1) is 10.2 Å². The van der Waals surface area contributed by atoms with E-state index in [4.69, 9.17) is 11.6 Å². The van der Waals surface area contributed by atoms with Crippen LogP contribution in [0.1, 0.15) is 37.7 Å². The van der Waals surface area contributed by atoms with Crippen molar-refractivity contribution >= 4 is 39.8 Å². The Morgan fingerprint density at radius 2 is 2.10 bits per heavy atom. The lowest BCUT2D eigenvalue weighted by Crippen LogP contribution is -2.21. The van der Waals surface area contributed by atoms with Gasteiger partial charge in [-0.3, -0.25) is 0 Å². The first kappa shape index (κ1) is 15.1. The van der Waals surface area contributed by atoms with Gasteiger partial charge < -0.3 is 5.32 Å². The van der Waals surface area contributed by atoms with Crippen LogP contribution in [-0.4, -0.2) is 16.2 Å². The first-order valence-electron chi connectivity index (χ1n) is 7.27. The minimum atomic E-state index is 0.581. The number of rotatable bonds is 5. The van der Waals surface area contributed by atoms with E-state index in [1.54, 1.807) is 23.1 Å². The molecule has 0 radical (unpaired) electrons. The van der Waals surface area contributed by atoms with E-state index in [0.29, 0.717) is 6.04 Å². The van der Waals surface area contributed by atoms with E-state index in [2.05, 4.69) is 21.6 Å². The van der Waals surface area contributed by atoms with Gasteiger partial charge in [0.2, 0.25) is 5.13 Å². The van der Waals surface area contributed by atoms with Crippen molar-refractivity contribution in [3.63, 3.8) is 0 Å². The SMILES string of the molecule is Clc1cccc(CSc2nnc(NC3CCCCC3)s2)c1. The zero-order valence-electron chi connectivity index (χ0n) is 11.7. The average molecular weight is 340 g/mol. The minimum Gasteiger partial charge on any atom is -0.357 e. The van der Waals surface area contributed by atoms with Crippen LogP contribution in [0.5, 0.6) is 0 Å². The van der Waals surface area contributed by atoms with E-state index < -0.39 is 0 Å². The van der Waals surface area contributed by atoms with Crippen molar-refractivity contribution in [2.45, 2.75) is 48.2 Å². The quantitative estimate of drug-likeness (QED) is 0.757. The van der Waals surface area contributed by atoms with E-state index >= 15 is 0 Å². The molecule has 1 aromatic heterocycles. The molecule has 1 saturated carbocycles. The van der Waals surface area contributed by atoms with Crippen LogP contribution in [0.4, 0.5) is 5.13 Å². The molecule has 0 saturated heterocycles. The summed E-state index contributed by atoms with van der Waals surface area (Å²) in [5.41, 5.74) is 1.21. The van der Waals surface area contributed by atoms with Crippen LogP contribution in [0.15, 0.2) is 28.6 Å². The molecular formula is C15H18ClN3S2. The maximum absolute atomic E-state index is 5.99. The first-order valence-corrected chi connectivity index (χ1v) is 9.45. The molecule has 1 fully saturated rings. The number of nitrogens with one attached hydrogen (secondary N) is 1. The number of aromatic nitrogens is 2. The van der Waals surface area contributed by atoms with Crippen molar-refractivity contribution < 1.29 is 0 Å². The fourth-order valence-corrected chi connectivity index (χ4v) is 4.50. The predicted molar refractivity (Wildman–Crippen MR) is 91.4 cm³/mol. The van der Waals surface area contributed by atoms with Crippen molar-refractivity contribution in [3.8, 4) is 0 Å². The summed E-state index contributed by atoms with van der Waals surface area (Å²) in [6.45, 7) is 0. The monoisotopic (exact) mass is 339 g/mol. The van der Waals surface area contributed by atoms with E-state index in [0.717, 1.165) is 20.2 Å². The second-order valence-corrected chi connectivity index (χ2v) is 7.91. The topological polar surface area (TPSA) is 37.8 Å². The molecule has 0 bridgehead atoms. The Labute approximate surface area is 138 Å². The lowest BCUT2D eigenvalue weighted by molar-refractivity contribution is 0.462. The van der Waals surface area contributed by atoms with Crippen molar-refractivity contribution in [1.82, 2.24) is 10.2 Å². The number of thioether (sulfide) groups is 1. The average Bonchev–Trinajstić information content (AvgIpc) is 2.94. The Hall–Kier alpha value is -0.780. The van der Waals surface area contributed by atoms with Crippen molar-refractivity contribution in [2.24, 2.45) is 0 Å².